The van der Waals surface area contributed by atoms with Crippen LogP contribution in [0.25, 0.3) is 11.0 Å². The number of ether oxygens (including phenoxy) is 2. The summed E-state index contributed by atoms with van der Waals surface area (Å²) in [5, 5.41) is 11.5. The Labute approximate surface area is 228 Å². The Morgan fingerprint density at radius 1 is 0.949 bits per heavy atom. The van der Waals surface area contributed by atoms with Gasteiger partial charge in [0, 0.05) is 18.2 Å². The van der Waals surface area contributed by atoms with Crippen LogP contribution in [0.5, 0.6) is 11.5 Å². The zero-order valence-corrected chi connectivity index (χ0v) is 23.0. The Morgan fingerprint density at radius 3 is 2.23 bits per heavy atom. The molecule has 0 aliphatic rings. The van der Waals surface area contributed by atoms with E-state index in [4.69, 9.17) is 9.47 Å². The maximum Gasteiger partial charge on any atom is 0.247 e. The average Bonchev–Trinajstić information content (AvgIpc) is 3.32. The van der Waals surface area contributed by atoms with Crippen LogP contribution >= 0.6 is 0 Å². The van der Waals surface area contributed by atoms with Gasteiger partial charge in [0.25, 0.3) is 0 Å². The molecular weight excluding hydrogens is 494 g/mol. The largest absolute Gasteiger partial charge is 0.497 e. The highest BCUT2D eigenvalue weighted by Gasteiger charge is 2.34. The van der Waals surface area contributed by atoms with Crippen LogP contribution in [0.2, 0.25) is 0 Å². The number of nitrogens with one attached hydrogen (secondary N) is 1. The molecule has 1 heterocycles. The van der Waals surface area contributed by atoms with Crippen LogP contribution in [0.3, 0.4) is 0 Å². The van der Waals surface area contributed by atoms with E-state index < -0.39 is 11.6 Å². The molecule has 0 aliphatic heterocycles. The van der Waals surface area contributed by atoms with Crippen molar-refractivity contribution in [3.05, 3.63) is 83.9 Å². The molecule has 0 saturated carbocycles. The number of hydrogen-bond acceptors (Lipinski definition) is 6. The van der Waals surface area contributed by atoms with E-state index in [2.05, 4.69) is 15.6 Å². The first-order valence-corrected chi connectivity index (χ1v) is 12.8. The van der Waals surface area contributed by atoms with E-state index >= 15 is 0 Å². The van der Waals surface area contributed by atoms with Crippen LogP contribution in [0.4, 0.5) is 0 Å². The number of benzene rings is 3. The Balaban J connectivity index is 1.78. The first kappa shape index (κ1) is 27.6. The summed E-state index contributed by atoms with van der Waals surface area (Å²) in [6.45, 7) is 5.95. The first-order chi connectivity index (χ1) is 18.7. The Morgan fingerprint density at radius 2 is 1.59 bits per heavy atom. The number of rotatable bonds is 10. The van der Waals surface area contributed by atoms with Crippen LogP contribution in [-0.2, 0) is 22.6 Å². The topological polar surface area (TPSA) is 98.6 Å². The van der Waals surface area contributed by atoms with Gasteiger partial charge in [-0.15, -0.1) is 5.10 Å². The van der Waals surface area contributed by atoms with Crippen molar-refractivity contribution in [1.82, 2.24) is 25.2 Å². The first-order valence-electron chi connectivity index (χ1n) is 12.8. The maximum atomic E-state index is 14.1. The highest BCUT2D eigenvalue weighted by Crippen LogP contribution is 2.31. The number of hydrogen-bond donors (Lipinski definition) is 1. The fourth-order valence-electron chi connectivity index (χ4n) is 4.44. The molecule has 4 rings (SSSR count). The molecule has 3 aromatic carbocycles. The normalized spacial score (nSPS) is 12.1. The van der Waals surface area contributed by atoms with Gasteiger partial charge in [-0.2, -0.15) is 0 Å². The molecule has 39 heavy (non-hydrogen) atoms. The van der Waals surface area contributed by atoms with E-state index in [1.54, 1.807) is 42.0 Å². The Hall–Kier alpha value is -4.40. The molecule has 1 aromatic heterocycles. The van der Waals surface area contributed by atoms with Crippen molar-refractivity contribution in [2.45, 2.75) is 45.3 Å². The van der Waals surface area contributed by atoms with Gasteiger partial charge in [0.1, 0.15) is 29.6 Å². The number of fused-ring (bicyclic) bond motifs is 1. The van der Waals surface area contributed by atoms with E-state index in [1.807, 2.05) is 75.4 Å². The quantitative estimate of drug-likeness (QED) is 0.331. The second-order valence-corrected chi connectivity index (χ2v) is 10.3. The van der Waals surface area contributed by atoms with Gasteiger partial charge in [0.05, 0.1) is 19.7 Å². The zero-order chi connectivity index (χ0) is 28.0. The fourth-order valence-corrected chi connectivity index (χ4v) is 4.44. The summed E-state index contributed by atoms with van der Waals surface area (Å²) < 4.78 is 12.6. The molecule has 2 amide bonds. The molecular formula is C30H35N5O4. The second kappa shape index (κ2) is 12.0. The van der Waals surface area contributed by atoms with Crippen molar-refractivity contribution >= 4 is 22.8 Å². The van der Waals surface area contributed by atoms with Gasteiger partial charge in [0.15, 0.2) is 0 Å². The summed E-state index contributed by atoms with van der Waals surface area (Å²) in [5.41, 5.74) is 2.56. The molecule has 4 aromatic rings. The molecule has 0 bridgehead atoms. The zero-order valence-electron chi connectivity index (χ0n) is 23.0. The van der Waals surface area contributed by atoms with Crippen molar-refractivity contribution < 1.29 is 19.1 Å². The molecule has 1 N–H and O–H groups in total. The summed E-state index contributed by atoms with van der Waals surface area (Å²) in [5.74, 6) is 0.478. The van der Waals surface area contributed by atoms with Gasteiger partial charge < -0.3 is 19.7 Å². The molecule has 0 saturated heterocycles. The number of methoxy groups -OCH3 is 2. The predicted molar refractivity (Wildman–Crippen MR) is 150 cm³/mol. The van der Waals surface area contributed by atoms with Crippen LogP contribution in [0.1, 0.15) is 37.9 Å². The Bertz CT molecular complexity index is 1410. The van der Waals surface area contributed by atoms with Crippen LogP contribution in [0, 0.1) is 0 Å². The van der Waals surface area contributed by atoms with E-state index in [0.29, 0.717) is 35.5 Å². The van der Waals surface area contributed by atoms with E-state index in [1.165, 1.54) is 0 Å². The lowest BCUT2D eigenvalue weighted by Crippen LogP contribution is -2.50. The molecule has 9 nitrogen and oxygen atoms in total. The standard InChI is InChI=1S/C30H35N5O4/c1-30(2,3)31-29(37)28(22-17-23(38-4)19-24(18-22)39-5)34(16-15-21-11-7-6-8-12-21)27(36)20-35-26-14-10-9-13-25(26)32-33-35/h6-14,17-19,28H,15-16,20H2,1-5H3,(H,31,37). The summed E-state index contributed by atoms with van der Waals surface area (Å²) >= 11 is 0. The van der Waals surface area contributed by atoms with Gasteiger partial charge >= 0.3 is 0 Å². The minimum atomic E-state index is -0.945. The third-order valence-electron chi connectivity index (χ3n) is 6.26. The van der Waals surface area contributed by atoms with Gasteiger partial charge in [-0.1, -0.05) is 47.7 Å². The molecule has 0 aliphatic carbocycles. The number of amides is 2. The highest BCUT2D eigenvalue weighted by molar-refractivity contribution is 5.89. The lowest BCUT2D eigenvalue weighted by molar-refractivity contribution is -0.142. The summed E-state index contributed by atoms with van der Waals surface area (Å²) in [4.78, 5) is 29.6. The second-order valence-electron chi connectivity index (χ2n) is 10.3. The minimum absolute atomic E-state index is 0.0737. The van der Waals surface area contributed by atoms with E-state index in [9.17, 15) is 9.59 Å². The fraction of sp³-hybridized carbons (Fsp3) is 0.333. The molecule has 9 heteroatoms. The van der Waals surface area contributed by atoms with Gasteiger partial charge in [-0.3, -0.25) is 9.59 Å². The van der Waals surface area contributed by atoms with Crippen molar-refractivity contribution in [3.8, 4) is 11.5 Å². The average molecular weight is 530 g/mol. The summed E-state index contributed by atoms with van der Waals surface area (Å²) in [6.07, 6.45) is 0.561. The van der Waals surface area contributed by atoms with Crippen molar-refractivity contribution in [2.75, 3.05) is 20.8 Å². The monoisotopic (exact) mass is 529 g/mol. The van der Waals surface area contributed by atoms with Crippen LogP contribution < -0.4 is 14.8 Å². The SMILES string of the molecule is COc1cc(OC)cc(C(C(=O)NC(C)(C)C)N(CCc2ccccc2)C(=O)Cn2nnc3ccccc32)c1. The number of carbonyl (C=O) groups is 2. The number of para-hydroxylation sites is 1. The number of aromatic nitrogens is 3. The third kappa shape index (κ3) is 6.93. The van der Waals surface area contributed by atoms with Crippen LogP contribution in [0.15, 0.2) is 72.8 Å². The van der Waals surface area contributed by atoms with Gasteiger partial charge in [-0.05, 0) is 62.6 Å². The van der Waals surface area contributed by atoms with E-state index in [-0.39, 0.29) is 18.4 Å². The van der Waals surface area contributed by atoms with Gasteiger partial charge in [0.2, 0.25) is 11.8 Å². The molecule has 1 unspecified atom stereocenters. The predicted octanol–water partition coefficient (Wildman–Crippen LogP) is 4.18. The lowest BCUT2D eigenvalue weighted by Gasteiger charge is -2.34. The molecule has 0 spiro atoms. The minimum Gasteiger partial charge on any atom is -0.497 e. The number of carbonyl (C=O) groups excluding carboxylic acids is 2. The van der Waals surface area contributed by atoms with E-state index in [0.717, 1.165) is 11.1 Å². The van der Waals surface area contributed by atoms with Crippen molar-refractivity contribution in [3.63, 3.8) is 0 Å². The van der Waals surface area contributed by atoms with Crippen molar-refractivity contribution in [2.24, 2.45) is 0 Å². The third-order valence-corrected chi connectivity index (χ3v) is 6.26. The van der Waals surface area contributed by atoms with Crippen molar-refractivity contribution in [1.29, 1.82) is 0 Å². The maximum absolute atomic E-state index is 14.1. The summed E-state index contributed by atoms with van der Waals surface area (Å²) in [7, 11) is 3.11. The molecule has 204 valence electrons. The Kier molecular flexibility index (Phi) is 8.49. The molecule has 0 fully saturated rings. The molecule has 0 radical (unpaired) electrons. The summed E-state index contributed by atoms with van der Waals surface area (Å²) in [6, 6.07) is 21.7. The lowest BCUT2D eigenvalue weighted by atomic mass is 10.00. The van der Waals surface area contributed by atoms with Crippen LogP contribution in [-0.4, -0.2) is 58.0 Å². The molecule has 1 atom stereocenters. The highest BCUT2D eigenvalue weighted by atomic mass is 16.5. The van der Waals surface area contributed by atoms with Gasteiger partial charge in [-0.25, -0.2) is 4.68 Å². The smallest absolute Gasteiger partial charge is 0.247 e. The number of nitrogens with zero attached hydrogens (tertiary/aromatic N) is 4.